The van der Waals surface area contributed by atoms with Crippen molar-refractivity contribution in [1.29, 1.82) is 0 Å². The van der Waals surface area contributed by atoms with Gasteiger partial charge in [0.25, 0.3) is 0 Å². The van der Waals surface area contributed by atoms with Gasteiger partial charge in [0.2, 0.25) is 0 Å². The highest BCUT2D eigenvalue weighted by Crippen LogP contribution is 2.39. The van der Waals surface area contributed by atoms with Crippen molar-refractivity contribution in [3.8, 4) is 0 Å². The van der Waals surface area contributed by atoms with Gasteiger partial charge < -0.3 is 0 Å². The van der Waals surface area contributed by atoms with Crippen molar-refractivity contribution in [2.24, 2.45) is 0 Å². The Kier molecular flexibility index (Phi) is 3.52. The number of allylic oxidation sites excluding steroid dienone is 1. The molecule has 2 bridgehead atoms. The van der Waals surface area contributed by atoms with Crippen LogP contribution in [-0.4, -0.2) is 18.9 Å². The summed E-state index contributed by atoms with van der Waals surface area (Å²) in [5.41, 5.74) is 3.88. The van der Waals surface area contributed by atoms with E-state index in [4.69, 9.17) is 0 Å². The van der Waals surface area contributed by atoms with Gasteiger partial charge >= 0.3 is 0 Å². The molecule has 0 spiro atoms. The molecule has 2 unspecified atom stereocenters. The Labute approximate surface area is 128 Å². The van der Waals surface area contributed by atoms with E-state index in [2.05, 4.69) is 45.0 Å². The van der Waals surface area contributed by atoms with Gasteiger partial charge in [-0.25, -0.2) is 8.42 Å². The molecule has 0 amide bonds. The summed E-state index contributed by atoms with van der Waals surface area (Å²) in [4.78, 5) is 0. The molecule has 1 saturated heterocycles. The van der Waals surface area contributed by atoms with E-state index in [1.54, 1.807) is 0 Å². The highest BCUT2D eigenvalue weighted by atomic mass is 32.2. The lowest BCUT2D eigenvalue weighted by atomic mass is 9.85. The smallest absolute Gasteiger partial charge is 0.159 e. The lowest BCUT2D eigenvalue weighted by Crippen LogP contribution is -2.38. The molecule has 3 rings (SSSR count). The van der Waals surface area contributed by atoms with E-state index >= 15 is 0 Å². The quantitative estimate of drug-likeness (QED) is 0.782. The predicted octanol–water partition coefficient (Wildman–Crippen LogP) is 4.11. The Hall–Kier alpha value is -1.09. The molecule has 21 heavy (non-hydrogen) atoms. The lowest BCUT2D eigenvalue weighted by Gasteiger charge is -2.33. The third-order valence-electron chi connectivity index (χ3n) is 4.86. The first-order valence-electron chi connectivity index (χ1n) is 7.83. The maximum atomic E-state index is 12.3. The molecule has 2 aliphatic rings. The van der Waals surface area contributed by atoms with Crippen molar-refractivity contribution in [2.45, 2.75) is 62.4 Å². The third kappa shape index (κ3) is 2.68. The topological polar surface area (TPSA) is 34.1 Å². The van der Waals surface area contributed by atoms with Crippen molar-refractivity contribution < 1.29 is 8.42 Å². The minimum absolute atomic E-state index is 0.152. The fourth-order valence-electron chi connectivity index (χ4n) is 3.45. The normalized spacial score (nSPS) is 28.0. The van der Waals surface area contributed by atoms with Crippen LogP contribution in [0.1, 0.15) is 57.6 Å². The molecule has 2 heterocycles. The van der Waals surface area contributed by atoms with Crippen LogP contribution in [0.25, 0.3) is 5.57 Å². The van der Waals surface area contributed by atoms with E-state index in [1.165, 1.54) is 16.7 Å². The molecule has 2 aliphatic heterocycles. The van der Waals surface area contributed by atoms with Crippen molar-refractivity contribution in [3.05, 3.63) is 41.5 Å². The number of benzene rings is 1. The summed E-state index contributed by atoms with van der Waals surface area (Å²) in [6, 6.07) is 8.66. The molecule has 2 nitrogen and oxygen atoms in total. The summed E-state index contributed by atoms with van der Waals surface area (Å²) in [7, 11) is -2.91. The Morgan fingerprint density at radius 2 is 1.71 bits per heavy atom. The van der Waals surface area contributed by atoms with Crippen LogP contribution in [-0.2, 0) is 15.3 Å². The zero-order chi connectivity index (χ0) is 15.3. The molecular formula is C18H24O2S. The summed E-state index contributed by atoms with van der Waals surface area (Å²) in [6.45, 7) is 6.62. The molecule has 0 aromatic heterocycles. The summed E-state index contributed by atoms with van der Waals surface area (Å²) in [5.74, 6) is 0. The van der Waals surface area contributed by atoms with Crippen LogP contribution >= 0.6 is 0 Å². The number of fused-ring (bicyclic) bond motifs is 2. The lowest BCUT2D eigenvalue weighted by molar-refractivity contribution is 0.518. The van der Waals surface area contributed by atoms with E-state index in [0.717, 1.165) is 19.3 Å². The molecule has 0 saturated carbocycles. The van der Waals surface area contributed by atoms with E-state index < -0.39 is 9.84 Å². The fraction of sp³-hybridized carbons (Fsp3) is 0.556. The molecule has 0 N–H and O–H groups in total. The molecule has 3 heteroatoms. The van der Waals surface area contributed by atoms with E-state index in [1.807, 2.05) is 6.08 Å². The van der Waals surface area contributed by atoms with Gasteiger partial charge in [-0.1, -0.05) is 57.5 Å². The van der Waals surface area contributed by atoms with Crippen molar-refractivity contribution in [2.75, 3.05) is 0 Å². The fourth-order valence-corrected chi connectivity index (χ4v) is 5.71. The van der Waals surface area contributed by atoms with Crippen LogP contribution < -0.4 is 0 Å². The highest BCUT2D eigenvalue weighted by molar-refractivity contribution is 7.93. The molecule has 0 radical (unpaired) electrons. The van der Waals surface area contributed by atoms with E-state index in [-0.39, 0.29) is 15.9 Å². The van der Waals surface area contributed by atoms with Crippen LogP contribution in [0, 0.1) is 0 Å². The van der Waals surface area contributed by atoms with Crippen molar-refractivity contribution >= 4 is 15.4 Å². The molecule has 2 atom stereocenters. The molecule has 1 aromatic carbocycles. The summed E-state index contributed by atoms with van der Waals surface area (Å²) < 4.78 is 24.6. The van der Waals surface area contributed by atoms with Crippen LogP contribution in [0.2, 0.25) is 0 Å². The number of hydrogen-bond acceptors (Lipinski definition) is 2. The third-order valence-corrected chi connectivity index (χ3v) is 7.41. The molecule has 1 aromatic rings. The average Bonchev–Trinajstić information content (AvgIpc) is 2.36. The maximum absolute atomic E-state index is 12.3. The monoisotopic (exact) mass is 304 g/mol. The van der Waals surface area contributed by atoms with Crippen LogP contribution in [0.5, 0.6) is 0 Å². The second-order valence-corrected chi connectivity index (χ2v) is 9.85. The van der Waals surface area contributed by atoms with Gasteiger partial charge in [0, 0.05) is 0 Å². The average molecular weight is 304 g/mol. The first kappa shape index (κ1) is 14.8. The van der Waals surface area contributed by atoms with E-state index in [9.17, 15) is 8.42 Å². The van der Waals surface area contributed by atoms with Gasteiger partial charge in [-0.2, -0.15) is 0 Å². The minimum atomic E-state index is -2.91. The van der Waals surface area contributed by atoms with Crippen molar-refractivity contribution in [1.82, 2.24) is 0 Å². The zero-order valence-electron chi connectivity index (χ0n) is 13.1. The molecule has 0 aliphatic carbocycles. The molecule has 1 fully saturated rings. The van der Waals surface area contributed by atoms with Gasteiger partial charge in [-0.15, -0.1) is 0 Å². The van der Waals surface area contributed by atoms with Crippen LogP contribution in [0.15, 0.2) is 30.3 Å². The molecular weight excluding hydrogens is 280 g/mol. The second-order valence-electron chi connectivity index (χ2n) is 7.40. The first-order valence-corrected chi connectivity index (χ1v) is 9.44. The predicted molar refractivity (Wildman–Crippen MR) is 88.1 cm³/mol. The Morgan fingerprint density at radius 1 is 1.05 bits per heavy atom. The van der Waals surface area contributed by atoms with Gasteiger partial charge in [-0.3, -0.25) is 0 Å². The van der Waals surface area contributed by atoms with Crippen molar-refractivity contribution in [3.63, 3.8) is 0 Å². The summed E-state index contributed by atoms with van der Waals surface area (Å²) >= 11 is 0. The van der Waals surface area contributed by atoms with E-state index in [0.29, 0.717) is 6.42 Å². The molecule has 114 valence electrons. The number of rotatable bonds is 1. The Morgan fingerprint density at radius 3 is 2.29 bits per heavy atom. The SMILES string of the molecule is CC(C)(C)c1ccc(C2=CC3CCCC(C2)S3(=O)=O)cc1. The number of hydrogen-bond donors (Lipinski definition) is 0. The van der Waals surface area contributed by atoms with Crippen LogP contribution in [0.3, 0.4) is 0 Å². The Bertz CT molecular complexity index is 660. The Balaban J connectivity index is 1.93. The van der Waals surface area contributed by atoms with Crippen LogP contribution in [0.4, 0.5) is 0 Å². The minimum Gasteiger partial charge on any atom is -0.228 e. The van der Waals surface area contributed by atoms with Gasteiger partial charge in [-0.05, 0) is 41.4 Å². The van der Waals surface area contributed by atoms with Gasteiger partial charge in [0.05, 0.1) is 10.5 Å². The summed E-state index contributed by atoms with van der Waals surface area (Å²) in [5, 5.41) is -0.402. The second kappa shape index (κ2) is 4.98. The highest BCUT2D eigenvalue weighted by Gasteiger charge is 2.40. The zero-order valence-corrected chi connectivity index (χ0v) is 13.9. The van der Waals surface area contributed by atoms with Gasteiger partial charge in [0.1, 0.15) is 0 Å². The summed E-state index contributed by atoms with van der Waals surface area (Å²) in [6.07, 6.45) is 5.37. The maximum Gasteiger partial charge on any atom is 0.159 e. The van der Waals surface area contributed by atoms with Gasteiger partial charge in [0.15, 0.2) is 9.84 Å². The first-order chi connectivity index (χ1) is 9.78. The number of sulfone groups is 1. The standard InChI is InChI=1S/C18H24O2S/c1-18(2,3)15-9-7-13(8-10-15)14-11-16-5-4-6-17(12-14)21(16,19)20/h7-11,16-17H,4-6,12H2,1-3H3. The largest absolute Gasteiger partial charge is 0.228 e.